The van der Waals surface area contributed by atoms with Gasteiger partial charge in [-0.2, -0.15) is 0 Å². The van der Waals surface area contributed by atoms with Crippen molar-refractivity contribution in [2.24, 2.45) is 5.92 Å². The van der Waals surface area contributed by atoms with Crippen LogP contribution < -0.4 is 10.1 Å². The monoisotopic (exact) mass is 317 g/mol. The number of rotatable bonds is 7. The fourth-order valence-electron chi connectivity index (χ4n) is 3.08. The van der Waals surface area contributed by atoms with Gasteiger partial charge in [0.05, 0.1) is 6.61 Å². The molecule has 0 aromatic heterocycles. The van der Waals surface area contributed by atoms with E-state index in [9.17, 15) is 9.59 Å². The Balaban J connectivity index is 1.77. The van der Waals surface area contributed by atoms with E-state index in [1.807, 2.05) is 6.92 Å². The normalized spacial score (nSPS) is 20.8. The Bertz CT molecular complexity index is 524. The zero-order valence-corrected chi connectivity index (χ0v) is 14.1. The third-order valence-electron chi connectivity index (χ3n) is 4.52. The van der Waals surface area contributed by atoms with Gasteiger partial charge in [0.15, 0.2) is 5.78 Å². The molecule has 0 aliphatic heterocycles. The lowest BCUT2D eigenvalue weighted by molar-refractivity contribution is -0.122. The summed E-state index contributed by atoms with van der Waals surface area (Å²) < 4.78 is 5.36. The Morgan fingerprint density at radius 2 is 1.83 bits per heavy atom. The summed E-state index contributed by atoms with van der Waals surface area (Å²) in [5.41, 5.74) is 0.632. The molecule has 1 aliphatic rings. The predicted molar refractivity (Wildman–Crippen MR) is 90.7 cm³/mol. The summed E-state index contributed by atoms with van der Waals surface area (Å²) in [6.45, 7) is 4.72. The van der Waals surface area contributed by atoms with Crippen LogP contribution in [0.1, 0.15) is 62.7 Å². The van der Waals surface area contributed by atoms with Gasteiger partial charge in [-0.25, -0.2) is 0 Å². The lowest BCUT2D eigenvalue weighted by Gasteiger charge is -2.29. The molecule has 1 aromatic carbocycles. The van der Waals surface area contributed by atoms with Gasteiger partial charge in [0.25, 0.3) is 0 Å². The third-order valence-corrected chi connectivity index (χ3v) is 4.52. The van der Waals surface area contributed by atoms with Crippen LogP contribution in [0.3, 0.4) is 0 Å². The fourth-order valence-corrected chi connectivity index (χ4v) is 3.08. The summed E-state index contributed by atoms with van der Waals surface area (Å²) in [5.74, 6) is 1.28. The molecule has 0 bridgehead atoms. The number of carbonyl (C=O) groups excluding carboxylic acids is 2. The number of benzene rings is 1. The van der Waals surface area contributed by atoms with E-state index in [0.29, 0.717) is 18.1 Å². The number of Topliss-reactive ketones (excluding diaryl/α,β-unsaturated/α-hetero) is 1. The van der Waals surface area contributed by atoms with Crippen LogP contribution in [0.5, 0.6) is 5.75 Å². The number of amides is 1. The maximum absolute atomic E-state index is 12.2. The minimum absolute atomic E-state index is 0.000101. The Labute approximate surface area is 138 Å². The molecule has 126 valence electrons. The number of ether oxygens (including phenoxy) is 1. The van der Waals surface area contributed by atoms with Gasteiger partial charge >= 0.3 is 0 Å². The molecule has 1 N–H and O–H groups in total. The van der Waals surface area contributed by atoms with Crippen molar-refractivity contribution in [1.29, 1.82) is 0 Å². The molecule has 1 amide bonds. The first-order chi connectivity index (χ1) is 11.1. The minimum atomic E-state index is -0.0111. The Hall–Kier alpha value is -1.84. The molecule has 1 fully saturated rings. The van der Waals surface area contributed by atoms with Crippen molar-refractivity contribution in [2.45, 2.75) is 58.4 Å². The first-order valence-electron chi connectivity index (χ1n) is 8.65. The van der Waals surface area contributed by atoms with E-state index in [-0.39, 0.29) is 30.6 Å². The highest BCUT2D eigenvalue weighted by Crippen LogP contribution is 2.23. The van der Waals surface area contributed by atoms with Crippen LogP contribution >= 0.6 is 0 Å². The molecular formula is C19H27NO3. The quantitative estimate of drug-likeness (QED) is 0.779. The van der Waals surface area contributed by atoms with Crippen molar-refractivity contribution in [3.63, 3.8) is 0 Å². The molecule has 2 rings (SSSR count). The van der Waals surface area contributed by atoms with Crippen molar-refractivity contribution in [3.05, 3.63) is 29.8 Å². The third kappa shape index (κ3) is 5.38. The topological polar surface area (TPSA) is 55.4 Å². The highest BCUT2D eigenvalue weighted by Gasteiger charge is 2.22. The predicted octanol–water partition coefficient (Wildman–Crippen LogP) is 3.74. The summed E-state index contributed by atoms with van der Waals surface area (Å²) in [6, 6.07) is 7.38. The SMILES string of the molecule is CCOc1ccc(C(=O)CCC(=O)NC2CCCCC2C)cc1. The molecule has 4 heteroatoms. The number of hydrogen-bond acceptors (Lipinski definition) is 3. The fraction of sp³-hybridized carbons (Fsp3) is 0.579. The lowest BCUT2D eigenvalue weighted by Crippen LogP contribution is -2.41. The zero-order chi connectivity index (χ0) is 16.7. The van der Waals surface area contributed by atoms with Gasteiger partial charge in [-0.05, 0) is 49.9 Å². The second-order valence-corrected chi connectivity index (χ2v) is 6.32. The molecule has 23 heavy (non-hydrogen) atoms. The molecule has 0 heterocycles. The van der Waals surface area contributed by atoms with Gasteiger partial charge in [0, 0.05) is 24.4 Å². The first-order valence-corrected chi connectivity index (χ1v) is 8.65. The lowest BCUT2D eigenvalue weighted by atomic mass is 9.86. The largest absolute Gasteiger partial charge is 0.494 e. The maximum Gasteiger partial charge on any atom is 0.220 e. The number of hydrogen-bond donors (Lipinski definition) is 1. The smallest absolute Gasteiger partial charge is 0.220 e. The summed E-state index contributed by atoms with van der Waals surface area (Å²) in [7, 11) is 0. The van der Waals surface area contributed by atoms with Gasteiger partial charge in [-0.1, -0.05) is 19.8 Å². The van der Waals surface area contributed by atoms with Crippen molar-refractivity contribution >= 4 is 11.7 Å². The van der Waals surface area contributed by atoms with Crippen LogP contribution in [-0.4, -0.2) is 24.3 Å². The van der Waals surface area contributed by atoms with Crippen molar-refractivity contribution in [3.8, 4) is 5.75 Å². The average molecular weight is 317 g/mol. The molecule has 1 saturated carbocycles. The second-order valence-electron chi connectivity index (χ2n) is 6.32. The molecule has 0 spiro atoms. The van der Waals surface area contributed by atoms with Gasteiger partial charge < -0.3 is 10.1 Å². The van der Waals surface area contributed by atoms with Crippen LogP contribution in [0, 0.1) is 5.92 Å². The molecule has 4 nitrogen and oxygen atoms in total. The van der Waals surface area contributed by atoms with E-state index in [2.05, 4.69) is 12.2 Å². The molecule has 1 aromatic rings. The van der Waals surface area contributed by atoms with E-state index >= 15 is 0 Å². The molecule has 0 saturated heterocycles. The van der Waals surface area contributed by atoms with E-state index < -0.39 is 0 Å². The number of nitrogens with one attached hydrogen (secondary N) is 1. The van der Waals surface area contributed by atoms with E-state index in [0.717, 1.165) is 12.2 Å². The van der Waals surface area contributed by atoms with Gasteiger partial charge in [-0.3, -0.25) is 9.59 Å². The van der Waals surface area contributed by atoms with Crippen LogP contribution in [0.4, 0.5) is 0 Å². The van der Waals surface area contributed by atoms with E-state index in [1.54, 1.807) is 24.3 Å². The van der Waals surface area contributed by atoms with Gasteiger partial charge in [-0.15, -0.1) is 0 Å². The second kappa shape index (κ2) is 8.70. The molecule has 2 unspecified atom stereocenters. The molecule has 0 radical (unpaired) electrons. The zero-order valence-electron chi connectivity index (χ0n) is 14.1. The van der Waals surface area contributed by atoms with Gasteiger partial charge in [0.1, 0.15) is 5.75 Å². The molecular weight excluding hydrogens is 290 g/mol. The minimum Gasteiger partial charge on any atom is -0.494 e. The summed E-state index contributed by atoms with van der Waals surface area (Å²) in [5, 5.41) is 3.09. The Kier molecular flexibility index (Phi) is 6.63. The number of ketones is 1. The summed E-state index contributed by atoms with van der Waals surface area (Å²) >= 11 is 0. The van der Waals surface area contributed by atoms with Crippen LogP contribution in [0.15, 0.2) is 24.3 Å². The summed E-state index contributed by atoms with van der Waals surface area (Å²) in [4.78, 5) is 24.2. The van der Waals surface area contributed by atoms with Crippen LogP contribution in [-0.2, 0) is 4.79 Å². The standard InChI is InChI=1S/C19H27NO3/c1-3-23-16-10-8-15(9-11-16)18(21)12-13-19(22)20-17-7-5-4-6-14(17)2/h8-11,14,17H,3-7,12-13H2,1-2H3,(H,20,22). The van der Waals surface area contributed by atoms with Gasteiger partial charge in [0.2, 0.25) is 5.91 Å². The highest BCUT2D eigenvalue weighted by molar-refractivity contribution is 5.98. The highest BCUT2D eigenvalue weighted by atomic mass is 16.5. The Morgan fingerprint density at radius 3 is 2.48 bits per heavy atom. The van der Waals surface area contributed by atoms with E-state index in [4.69, 9.17) is 4.74 Å². The van der Waals surface area contributed by atoms with E-state index in [1.165, 1.54) is 19.3 Å². The Morgan fingerprint density at radius 1 is 1.13 bits per heavy atom. The number of carbonyl (C=O) groups is 2. The molecule has 2 atom stereocenters. The van der Waals surface area contributed by atoms with Crippen molar-refractivity contribution in [2.75, 3.05) is 6.61 Å². The first kappa shape index (κ1) is 17.5. The van der Waals surface area contributed by atoms with Crippen LogP contribution in [0.2, 0.25) is 0 Å². The maximum atomic E-state index is 12.2. The summed E-state index contributed by atoms with van der Waals surface area (Å²) in [6.07, 6.45) is 5.18. The van der Waals surface area contributed by atoms with Crippen molar-refractivity contribution in [1.82, 2.24) is 5.32 Å². The van der Waals surface area contributed by atoms with Crippen molar-refractivity contribution < 1.29 is 14.3 Å². The molecule has 1 aliphatic carbocycles. The van der Waals surface area contributed by atoms with Crippen LogP contribution in [0.25, 0.3) is 0 Å². The average Bonchev–Trinajstić information content (AvgIpc) is 2.56.